The Morgan fingerprint density at radius 2 is 1.83 bits per heavy atom. The van der Waals surface area contributed by atoms with Gasteiger partial charge in [0, 0.05) is 11.9 Å². The van der Waals surface area contributed by atoms with Gasteiger partial charge in [0.25, 0.3) is 0 Å². The molecule has 0 fully saturated rings. The molecule has 1 aromatic heterocycles. The predicted molar refractivity (Wildman–Crippen MR) is 92.8 cm³/mol. The summed E-state index contributed by atoms with van der Waals surface area (Å²) in [6.07, 6.45) is 1.59. The highest BCUT2D eigenvalue weighted by molar-refractivity contribution is 7.73. The molecule has 0 aliphatic rings. The molecule has 0 amide bonds. The van der Waals surface area contributed by atoms with Gasteiger partial charge in [-0.3, -0.25) is 4.57 Å². The fraction of sp³-hybridized carbons (Fsp3) is 0. The molecule has 0 saturated heterocycles. The van der Waals surface area contributed by atoms with E-state index in [-0.39, 0.29) is 5.82 Å². The van der Waals surface area contributed by atoms with Crippen LogP contribution in [0.5, 0.6) is 0 Å². The minimum atomic E-state index is -0.303. The number of aromatic nitrogens is 1. The van der Waals surface area contributed by atoms with Gasteiger partial charge in [0.2, 0.25) is 0 Å². The summed E-state index contributed by atoms with van der Waals surface area (Å²) >= 11 is 6.58. The molecule has 1 heterocycles. The number of hydrogen-bond donors (Lipinski definition) is 0. The summed E-state index contributed by atoms with van der Waals surface area (Å²) in [5.74, 6) is 0.181. The zero-order chi connectivity index (χ0) is 16.2. The molecule has 0 saturated carbocycles. The number of halogens is 1. The molecule has 23 heavy (non-hydrogen) atoms. The van der Waals surface area contributed by atoms with Crippen LogP contribution in [0.4, 0.5) is 10.2 Å². The Balaban J connectivity index is 2.10. The maximum absolute atomic E-state index is 13.0. The van der Waals surface area contributed by atoms with E-state index in [0.717, 1.165) is 11.3 Å². The third-order valence-electron chi connectivity index (χ3n) is 3.11. The lowest BCUT2D eigenvalue weighted by Crippen LogP contribution is -1.93. The second kappa shape index (κ2) is 6.65. The van der Waals surface area contributed by atoms with Crippen LogP contribution >= 0.6 is 23.6 Å². The van der Waals surface area contributed by atoms with Gasteiger partial charge in [-0.2, -0.15) is 5.26 Å². The number of nitrogens with zero attached hydrogens (tertiary/aromatic N) is 3. The Morgan fingerprint density at radius 1 is 1.13 bits per heavy atom. The molecule has 0 bridgehead atoms. The number of nitriles is 1. The van der Waals surface area contributed by atoms with Gasteiger partial charge in [0.15, 0.2) is 14.6 Å². The molecule has 0 N–H and O–H groups in total. The van der Waals surface area contributed by atoms with Crippen molar-refractivity contribution in [2.45, 2.75) is 0 Å². The molecule has 3 rings (SSSR count). The second-order valence-electron chi connectivity index (χ2n) is 4.61. The van der Waals surface area contributed by atoms with Crippen LogP contribution in [0.25, 0.3) is 5.69 Å². The Bertz CT molecular complexity index is 948. The monoisotopic (exact) mass is 339 g/mol. The summed E-state index contributed by atoms with van der Waals surface area (Å²) in [4.78, 5) is 4.85. The molecule has 3 aromatic rings. The van der Waals surface area contributed by atoms with Crippen molar-refractivity contribution in [1.82, 2.24) is 4.57 Å². The minimum Gasteiger partial charge on any atom is -0.275 e. The van der Waals surface area contributed by atoms with E-state index >= 15 is 0 Å². The van der Waals surface area contributed by atoms with E-state index in [2.05, 4.69) is 11.1 Å². The van der Waals surface area contributed by atoms with Gasteiger partial charge >= 0.3 is 0 Å². The van der Waals surface area contributed by atoms with Crippen molar-refractivity contribution in [3.05, 3.63) is 74.8 Å². The Morgan fingerprint density at radius 3 is 2.48 bits per heavy atom. The van der Waals surface area contributed by atoms with Crippen molar-refractivity contribution < 1.29 is 4.39 Å². The van der Waals surface area contributed by atoms with Gasteiger partial charge in [-0.05, 0) is 42.0 Å². The molecule has 0 radical (unpaired) electrons. The van der Waals surface area contributed by atoms with Crippen molar-refractivity contribution in [2.24, 2.45) is 4.99 Å². The Labute approximate surface area is 141 Å². The maximum Gasteiger partial charge on any atom is 0.168 e. The highest BCUT2D eigenvalue weighted by Crippen LogP contribution is 2.30. The van der Waals surface area contributed by atoms with Crippen LogP contribution in [-0.4, -0.2) is 10.8 Å². The first kappa shape index (κ1) is 15.3. The summed E-state index contributed by atoms with van der Waals surface area (Å²) in [5.41, 5.74) is 1.59. The van der Waals surface area contributed by atoms with Crippen LogP contribution in [-0.2, 0) is 0 Å². The average molecular weight is 339 g/mol. The summed E-state index contributed by atoms with van der Waals surface area (Å²) in [6.45, 7) is 0. The number of para-hydroxylation sites is 1. The van der Waals surface area contributed by atoms with Gasteiger partial charge in [-0.25, -0.2) is 9.38 Å². The summed E-state index contributed by atoms with van der Waals surface area (Å²) in [7, 11) is 0. The van der Waals surface area contributed by atoms with Crippen LogP contribution in [0.1, 0.15) is 10.4 Å². The van der Waals surface area contributed by atoms with Crippen LogP contribution < -0.4 is 0 Å². The molecule has 0 atom stereocenters. The zero-order valence-corrected chi connectivity index (χ0v) is 13.4. The van der Waals surface area contributed by atoms with Crippen LogP contribution in [0.3, 0.4) is 0 Å². The van der Waals surface area contributed by atoms with Crippen LogP contribution in [0.15, 0.2) is 59.6 Å². The summed E-state index contributed by atoms with van der Waals surface area (Å²) < 4.78 is 15.3. The first-order valence-electron chi connectivity index (χ1n) is 6.70. The second-order valence-corrected chi connectivity index (χ2v) is 6.26. The lowest BCUT2D eigenvalue weighted by atomic mass is 10.2. The van der Waals surface area contributed by atoms with Gasteiger partial charge in [-0.1, -0.05) is 41.7 Å². The first-order chi connectivity index (χ1) is 11.2. The average Bonchev–Trinajstić information content (AvgIpc) is 2.91. The topological polar surface area (TPSA) is 41.1 Å². The Kier molecular flexibility index (Phi) is 4.42. The van der Waals surface area contributed by atoms with E-state index in [4.69, 9.17) is 12.2 Å². The van der Waals surface area contributed by atoms with E-state index in [9.17, 15) is 9.65 Å². The van der Waals surface area contributed by atoms with Crippen molar-refractivity contribution in [1.29, 1.82) is 5.26 Å². The quantitative estimate of drug-likeness (QED) is 0.496. The SMILES string of the molecule is N#Cc1sc(=S)n(-c2ccccc2)c1N=Cc1ccc(F)cc1. The molecule has 2 aromatic carbocycles. The predicted octanol–water partition coefficient (Wildman–Crippen LogP) is 5.03. The van der Waals surface area contributed by atoms with Gasteiger partial charge in [0.1, 0.15) is 11.9 Å². The first-order valence-corrected chi connectivity index (χ1v) is 7.92. The van der Waals surface area contributed by atoms with Gasteiger partial charge < -0.3 is 0 Å². The van der Waals surface area contributed by atoms with Crippen molar-refractivity contribution >= 4 is 35.6 Å². The van der Waals surface area contributed by atoms with E-state index in [0.29, 0.717) is 14.6 Å². The van der Waals surface area contributed by atoms with E-state index in [1.54, 1.807) is 22.9 Å². The number of thiazole rings is 1. The molecule has 0 aliphatic carbocycles. The number of aliphatic imine (C=N–C) groups is 1. The zero-order valence-electron chi connectivity index (χ0n) is 11.8. The lowest BCUT2D eigenvalue weighted by molar-refractivity contribution is 0.628. The normalized spacial score (nSPS) is 10.8. The molecule has 3 nitrogen and oxygen atoms in total. The number of benzene rings is 2. The van der Waals surface area contributed by atoms with E-state index in [1.165, 1.54) is 23.5 Å². The Hall–Kier alpha value is -2.62. The van der Waals surface area contributed by atoms with Crippen LogP contribution in [0, 0.1) is 21.1 Å². The third kappa shape index (κ3) is 3.26. The molecule has 6 heteroatoms. The molecule has 112 valence electrons. The lowest BCUT2D eigenvalue weighted by Gasteiger charge is -2.05. The smallest absolute Gasteiger partial charge is 0.168 e. The number of hydrogen-bond acceptors (Lipinski definition) is 4. The summed E-state index contributed by atoms with van der Waals surface area (Å²) in [5, 5.41) is 9.31. The fourth-order valence-corrected chi connectivity index (χ4v) is 3.23. The largest absolute Gasteiger partial charge is 0.275 e. The van der Waals surface area contributed by atoms with Crippen molar-refractivity contribution in [3.63, 3.8) is 0 Å². The molecule has 0 unspecified atom stereocenters. The van der Waals surface area contributed by atoms with E-state index < -0.39 is 0 Å². The van der Waals surface area contributed by atoms with Crippen LogP contribution in [0.2, 0.25) is 0 Å². The number of rotatable bonds is 3. The third-order valence-corrected chi connectivity index (χ3v) is 4.38. The maximum atomic E-state index is 13.0. The molecule has 0 spiro atoms. The van der Waals surface area contributed by atoms with E-state index in [1.807, 2.05) is 30.3 Å². The fourth-order valence-electron chi connectivity index (χ4n) is 2.05. The summed E-state index contributed by atoms with van der Waals surface area (Å²) in [6, 6.07) is 17.6. The van der Waals surface area contributed by atoms with Gasteiger partial charge in [0.05, 0.1) is 0 Å². The van der Waals surface area contributed by atoms with Gasteiger partial charge in [-0.15, -0.1) is 0 Å². The van der Waals surface area contributed by atoms with Crippen molar-refractivity contribution in [3.8, 4) is 11.8 Å². The molecule has 0 aliphatic heterocycles. The van der Waals surface area contributed by atoms with Crippen molar-refractivity contribution in [2.75, 3.05) is 0 Å². The highest BCUT2D eigenvalue weighted by atomic mass is 32.1. The minimum absolute atomic E-state index is 0.303. The molecular weight excluding hydrogens is 329 g/mol. The molecular formula is C17H10FN3S2. The standard InChI is InChI=1S/C17H10FN3S2/c18-13-8-6-12(7-9-13)11-20-16-15(10-19)23-17(22)21(16)14-4-2-1-3-5-14/h1-9,11H. The highest BCUT2D eigenvalue weighted by Gasteiger charge is 2.13.